The number of para-hydroxylation sites is 1. The van der Waals surface area contributed by atoms with Gasteiger partial charge in [0.15, 0.2) is 5.69 Å². The van der Waals surface area contributed by atoms with E-state index in [1.165, 1.54) is 0 Å². The Bertz CT molecular complexity index is 1230. The Balaban J connectivity index is 1.37. The van der Waals surface area contributed by atoms with E-state index < -0.39 is 12.1 Å². The quantitative estimate of drug-likeness (QED) is 0.394. The van der Waals surface area contributed by atoms with Crippen LogP contribution in [0.15, 0.2) is 66.7 Å². The second kappa shape index (κ2) is 11.2. The Hall–Kier alpha value is -3.62. The van der Waals surface area contributed by atoms with Gasteiger partial charge in [0.2, 0.25) is 0 Å². The summed E-state index contributed by atoms with van der Waals surface area (Å²) in [5, 5.41) is 10.4. The molecule has 3 aromatic rings. The molecule has 0 spiro atoms. The van der Waals surface area contributed by atoms with Crippen molar-refractivity contribution < 1.29 is 14.6 Å². The van der Waals surface area contributed by atoms with Crippen molar-refractivity contribution in [3.8, 4) is 22.8 Å². The summed E-state index contributed by atoms with van der Waals surface area (Å²) < 4.78 is 7.73. The summed E-state index contributed by atoms with van der Waals surface area (Å²) >= 11 is 0. The molecule has 0 radical (unpaired) electrons. The smallest absolute Gasteiger partial charge is 0.269 e. The van der Waals surface area contributed by atoms with Crippen molar-refractivity contribution in [2.45, 2.75) is 44.8 Å². The van der Waals surface area contributed by atoms with E-state index >= 15 is 0 Å². The molecule has 1 aromatic heterocycles. The van der Waals surface area contributed by atoms with Gasteiger partial charge in [-0.2, -0.15) is 0 Å². The first-order chi connectivity index (χ1) is 18.0. The molecule has 1 fully saturated rings. The van der Waals surface area contributed by atoms with Crippen LogP contribution >= 0.6 is 0 Å². The lowest BCUT2D eigenvalue weighted by molar-refractivity contribution is 0.0125. The average molecular weight is 502 g/mol. The van der Waals surface area contributed by atoms with E-state index in [0.29, 0.717) is 23.1 Å². The summed E-state index contributed by atoms with van der Waals surface area (Å²) in [4.78, 5) is 19.7. The fourth-order valence-electron chi connectivity index (χ4n) is 5.45. The molecule has 8 heteroatoms. The summed E-state index contributed by atoms with van der Waals surface area (Å²) in [7, 11) is 0. The number of aliphatic hydroxyl groups excluding tert-OH is 1. The Morgan fingerprint density at radius 3 is 2.51 bits per heavy atom. The highest BCUT2D eigenvalue weighted by molar-refractivity contribution is 5.97. The molecule has 2 aromatic carbocycles. The number of ether oxygens (including phenoxy) is 1. The molecule has 1 amide bonds. The number of piperidine rings is 1. The minimum atomic E-state index is -0.530. The van der Waals surface area contributed by atoms with Crippen LogP contribution in [-0.2, 0) is 0 Å². The van der Waals surface area contributed by atoms with E-state index in [-0.39, 0.29) is 5.92 Å². The van der Waals surface area contributed by atoms with Crippen molar-refractivity contribution in [3.05, 3.63) is 78.3 Å². The number of likely N-dealkylation sites (tertiary alicyclic amines) is 1. The molecular formula is C29H35N5O3. The molecule has 2 unspecified atom stereocenters. The predicted octanol–water partition coefficient (Wildman–Crippen LogP) is 4.47. The number of nitrogens with zero attached hydrogens (tertiary/aromatic N) is 3. The van der Waals surface area contributed by atoms with Gasteiger partial charge in [-0.15, -0.1) is 0 Å². The van der Waals surface area contributed by atoms with Crippen molar-refractivity contribution in [1.29, 1.82) is 0 Å². The largest absolute Gasteiger partial charge is 0.457 e. The van der Waals surface area contributed by atoms with Crippen molar-refractivity contribution in [2.75, 3.05) is 25.1 Å². The third-order valence-electron chi connectivity index (χ3n) is 7.36. The van der Waals surface area contributed by atoms with Gasteiger partial charge >= 0.3 is 0 Å². The standard InChI is InChI=1S/C29H35N5O3/c1-2-3-9-25(35)33-18-15-20(16-19-33)24-14-17-31-34-27(28(30)36)26(32-29(24)34)21-10-12-23(13-11-21)37-22-7-5-4-6-8-22/h3-13,20,24-25,31,35H,2,14-19H2,1H3,(H2,30,36)/b9-3+. The number of amides is 1. The molecule has 8 nitrogen and oxygen atoms in total. The number of carbonyl (C=O) groups excluding carboxylic acids is 1. The van der Waals surface area contributed by atoms with Crippen LogP contribution < -0.4 is 15.9 Å². The van der Waals surface area contributed by atoms with E-state index in [4.69, 9.17) is 15.5 Å². The number of allylic oxidation sites excluding steroid dienone is 1. The molecule has 0 saturated carbocycles. The minimum Gasteiger partial charge on any atom is -0.457 e. The van der Waals surface area contributed by atoms with Crippen molar-refractivity contribution >= 4 is 5.91 Å². The van der Waals surface area contributed by atoms with Gasteiger partial charge in [-0.1, -0.05) is 31.2 Å². The summed E-state index contributed by atoms with van der Waals surface area (Å²) in [5.74, 6) is 2.48. The van der Waals surface area contributed by atoms with Gasteiger partial charge in [0.1, 0.15) is 29.2 Å². The predicted molar refractivity (Wildman–Crippen MR) is 144 cm³/mol. The maximum absolute atomic E-state index is 12.6. The van der Waals surface area contributed by atoms with Gasteiger partial charge in [-0.3, -0.25) is 9.69 Å². The third kappa shape index (κ3) is 5.40. The molecule has 2 atom stereocenters. The number of rotatable bonds is 8. The van der Waals surface area contributed by atoms with Gasteiger partial charge < -0.3 is 21.0 Å². The van der Waals surface area contributed by atoms with Crippen LogP contribution in [0.1, 0.15) is 54.8 Å². The first-order valence-electron chi connectivity index (χ1n) is 13.1. The van der Waals surface area contributed by atoms with Gasteiger partial charge in [0.05, 0.1) is 0 Å². The number of imidazole rings is 1. The lowest BCUT2D eigenvalue weighted by atomic mass is 9.81. The summed E-state index contributed by atoms with van der Waals surface area (Å²) in [6, 6.07) is 17.2. The second-order valence-corrected chi connectivity index (χ2v) is 9.73. The lowest BCUT2D eigenvalue weighted by Gasteiger charge is -2.38. The Morgan fingerprint density at radius 2 is 1.84 bits per heavy atom. The molecule has 3 heterocycles. The molecular weight excluding hydrogens is 466 g/mol. The van der Waals surface area contributed by atoms with Crippen LogP contribution in [0.2, 0.25) is 0 Å². The van der Waals surface area contributed by atoms with E-state index in [1.807, 2.05) is 71.4 Å². The van der Waals surface area contributed by atoms with E-state index in [2.05, 4.69) is 17.2 Å². The number of aromatic nitrogens is 2. The molecule has 5 rings (SSSR count). The number of primary amides is 1. The van der Waals surface area contributed by atoms with Crippen LogP contribution in [0.4, 0.5) is 0 Å². The number of hydrogen-bond donors (Lipinski definition) is 3. The Morgan fingerprint density at radius 1 is 1.14 bits per heavy atom. The fraction of sp³-hybridized carbons (Fsp3) is 0.379. The lowest BCUT2D eigenvalue weighted by Crippen LogP contribution is -2.43. The number of nitrogens with two attached hydrogens (primary N) is 1. The highest BCUT2D eigenvalue weighted by atomic mass is 16.5. The summed E-state index contributed by atoms with van der Waals surface area (Å²) in [6.45, 7) is 4.49. The van der Waals surface area contributed by atoms with Crippen molar-refractivity contribution in [3.63, 3.8) is 0 Å². The summed E-state index contributed by atoms with van der Waals surface area (Å²) in [6.07, 6.45) is 7.16. The molecule has 1 saturated heterocycles. The average Bonchev–Trinajstić information content (AvgIpc) is 3.33. The van der Waals surface area contributed by atoms with Crippen LogP contribution in [0.25, 0.3) is 11.3 Å². The highest BCUT2D eigenvalue weighted by Gasteiger charge is 2.36. The number of nitrogens with one attached hydrogen (secondary N) is 1. The molecule has 0 bridgehead atoms. The third-order valence-corrected chi connectivity index (χ3v) is 7.36. The number of benzene rings is 2. The Kier molecular flexibility index (Phi) is 7.58. The van der Waals surface area contributed by atoms with E-state index in [0.717, 1.165) is 62.5 Å². The monoisotopic (exact) mass is 501 g/mol. The fourth-order valence-corrected chi connectivity index (χ4v) is 5.45. The SMILES string of the molecule is CC/C=C/C(O)N1CCC(C2CCNn3c2nc(-c2ccc(Oc4ccccc4)cc2)c3C(N)=O)CC1. The van der Waals surface area contributed by atoms with Crippen LogP contribution in [0.5, 0.6) is 11.5 Å². The topological polar surface area (TPSA) is 106 Å². The second-order valence-electron chi connectivity index (χ2n) is 9.73. The molecule has 0 aliphatic carbocycles. The maximum Gasteiger partial charge on any atom is 0.269 e. The van der Waals surface area contributed by atoms with Gasteiger partial charge in [0, 0.05) is 31.1 Å². The molecule has 4 N–H and O–H groups in total. The Labute approximate surface area is 217 Å². The van der Waals surface area contributed by atoms with Crippen molar-refractivity contribution in [1.82, 2.24) is 14.6 Å². The molecule has 37 heavy (non-hydrogen) atoms. The van der Waals surface area contributed by atoms with Gasteiger partial charge in [-0.25, -0.2) is 9.66 Å². The van der Waals surface area contributed by atoms with Crippen LogP contribution in [0, 0.1) is 5.92 Å². The van der Waals surface area contributed by atoms with Crippen LogP contribution in [-0.4, -0.2) is 51.4 Å². The van der Waals surface area contributed by atoms with Crippen LogP contribution in [0.3, 0.4) is 0 Å². The molecule has 194 valence electrons. The van der Waals surface area contributed by atoms with Gasteiger partial charge in [-0.05, 0) is 74.1 Å². The first kappa shape index (κ1) is 25.0. The highest BCUT2D eigenvalue weighted by Crippen LogP contribution is 2.39. The maximum atomic E-state index is 12.6. The van der Waals surface area contributed by atoms with Gasteiger partial charge in [0.25, 0.3) is 5.91 Å². The first-order valence-corrected chi connectivity index (χ1v) is 13.1. The summed E-state index contributed by atoms with van der Waals surface area (Å²) in [5.41, 5.74) is 11.0. The van der Waals surface area contributed by atoms with E-state index in [1.54, 1.807) is 0 Å². The molecule has 2 aliphatic rings. The minimum absolute atomic E-state index is 0.222. The number of carbonyl (C=O) groups is 1. The number of hydrogen-bond acceptors (Lipinski definition) is 6. The number of aliphatic hydroxyl groups is 1. The van der Waals surface area contributed by atoms with Crippen molar-refractivity contribution in [2.24, 2.45) is 11.7 Å². The number of fused-ring (bicyclic) bond motifs is 1. The normalized spacial score (nSPS) is 19.4. The van der Waals surface area contributed by atoms with E-state index in [9.17, 15) is 9.90 Å². The zero-order chi connectivity index (χ0) is 25.8. The zero-order valence-corrected chi connectivity index (χ0v) is 21.2. The molecule has 2 aliphatic heterocycles. The zero-order valence-electron chi connectivity index (χ0n) is 21.2.